The van der Waals surface area contributed by atoms with Gasteiger partial charge in [-0.25, -0.2) is 0 Å². The molecular weight excluding hydrogens is 486 g/mol. The first kappa shape index (κ1) is 21.2. The van der Waals surface area contributed by atoms with Crippen molar-refractivity contribution in [2.24, 2.45) is 0 Å². The van der Waals surface area contributed by atoms with E-state index < -0.39 is 21.0 Å². The molecule has 0 saturated carbocycles. The van der Waals surface area contributed by atoms with Gasteiger partial charge >= 0.3 is 0 Å². The fraction of sp³-hybridized carbons (Fsp3) is 0. The summed E-state index contributed by atoms with van der Waals surface area (Å²) in [6.07, 6.45) is 0. The van der Waals surface area contributed by atoms with E-state index >= 15 is 0 Å². The lowest BCUT2D eigenvalue weighted by Crippen LogP contribution is -2.03. The fourth-order valence-corrected chi connectivity index (χ4v) is 5.23. The van der Waals surface area contributed by atoms with Gasteiger partial charge in [0.25, 0.3) is 21.0 Å². The Morgan fingerprint density at radius 2 is 0.893 bits per heavy atom. The Morgan fingerprint density at radius 3 is 1.18 bits per heavy atom. The minimum atomic E-state index is -0.818. The summed E-state index contributed by atoms with van der Waals surface area (Å²) in [7, 11) is 0. The summed E-state index contributed by atoms with van der Waals surface area (Å²) in [6.45, 7) is 0. The molecule has 0 aliphatic heterocycles. The molecule has 0 bridgehead atoms. The molecule has 2 heterocycles. The molecule has 1 aromatic carbocycles. The van der Waals surface area contributed by atoms with Gasteiger partial charge in [-0.3, -0.25) is 19.2 Å². The van der Waals surface area contributed by atoms with Crippen molar-refractivity contribution in [3.63, 3.8) is 0 Å². The molecule has 0 saturated heterocycles. The highest BCUT2D eigenvalue weighted by atomic mass is 35.5. The largest absolute Gasteiger partial charge is 0.276 e. The molecule has 4 nitrogen and oxygen atoms in total. The van der Waals surface area contributed by atoms with E-state index in [0.717, 1.165) is 22.7 Å². The smallest absolute Gasteiger partial charge is 0.253 e. The second-order valence-electron chi connectivity index (χ2n) is 5.36. The normalized spacial score (nSPS) is 10.7. The molecule has 142 valence electrons. The fourth-order valence-electron chi connectivity index (χ4n) is 2.65. The molecule has 0 N–H and O–H groups in total. The lowest BCUT2D eigenvalue weighted by atomic mass is 9.95. The van der Waals surface area contributed by atoms with Crippen LogP contribution in [0.1, 0.15) is 41.4 Å². The van der Waals surface area contributed by atoms with Gasteiger partial charge in [-0.2, -0.15) is 0 Å². The van der Waals surface area contributed by atoms with Crippen LogP contribution < -0.4 is 0 Å². The maximum atomic E-state index is 12.1. The first-order valence-electron chi connectivity index (χ1n) is 7.35. The van der Waals surface area contributed by atoms with Crippen molar-refractivity contribution in [1.82, 2.24) is 0 Å². The van der Waals surface area contributed by atoms with E-state index in [0.29, 0.717) is 9.75 Å². The van der Waals surface area contributed by atoms with Crippen LogP contribution in [0.4, 0.5) is 0 Å². The molecule has 3 aromatic rings. The van der Waals surface area contributed by atoms with Crippen molar-refractivity contribution in [3.05, 3.63) is 57.3 Å². The van der Waals surface area contributed by atoms with Crippen LogP contribution in [-0.4, -0.2) is 21.0 Å². The van der Waals surface area contributed by atoms with E-state index in [1.807, 2.05) is 0 Å². The first-order valence-corrected chi connectivity index (χ1v) is 10.6. The summed E-state index contributed by atoms with van der Waals surface area (Å²) in [4.78, 5) is 48.3. The van der Waals surface area contributed by atoms with Gasteiger partial charge < -0.3 is 0 Å². The van der Waals surface area contributed by atoms with Crippen LogP contribution >= 0.6 is 69.1 Å². The van der Waals surface area contributed by atoms with Gasteiger partial charge in [-0.05, 0) is 81.4 Å². The van der Waals surface area contributed by atoms with Gasteiger partial charge in [0.1, 0.15) is 0 Å². The molecule has 0 radical (unpaired) electrons. The zero-order valence-electron chi connectivity index (χ0n) is 13.4. The van der Waals surface area contributed by atoms with E-state index in [9.17, 15) is 19.2 Å². The van der Waals surface area contributed by atoms with E-state index in [1.54, 1.807) is 10.8 Å². The lowest BCUT2D eigenvalue weighted by molar-refractivity contribution is 0.107. The minimum absolute atomic E-state index is 0.0290. The van der Waals surface area contributed by atoms with Gasteiger partial charge in [-0.1, -0.05) is 0 Å². The molecule has 0 aliphatic carbocycles. The summed E-state index contributed by atoms with van der Waals surface area (Å²) in [5.41, 5.74) is 0.866. The van der Waals surface area contributed by atoms with Crippen molar-refractivity contribution >= 4 is 90.0 Å². The molecular formula is C18H6Cl4O4S2. The maximum Gasteiger partial charge on any atom is 0.253 e. The summed E-state index contributed by atoms with van der Waals surface area (Å²) >= 11 is 25.0. The Balaban J connectivity index is 2.37. The number of hydrogen-bond donors (Lipinski definition) is 0. The molecule has 0 fully saturated rings. The highest BCUT2D eigenvalue weighted by Crippen LogP contribution is 2.41. The predicted molar refractivity (Wildman–Crippen MR) is 114 cm³/mol. The minimum Gasteiger partial charge on any atom is -0.276 e. The van der Waals surface area contributed by atoms with Crippen LogP contribution in [0.3, 0.4) is 0 Å². The second kappa shape index (κ2) is 8.45. The number of carbonyl (C=O) groups is 4. The molecule has 2 aromatic heterocycles. The zero-order chi connectivity index (χ0) is 20.6. The Bertz CT molecular complexity index is 1060. The van der Waals surface area contributed by atoms with E-state index in [1.165, 1.54) is 24.3 Å². The van der Waals surface area contributed by atoms with Gasteiger partial charge in [0.15, 0.2) is 0 Å². The van der Waals surface area contributed by atoms with Crippen molar-refractivity contribution in [2.45, 2.75) is 0 Å². The van der Waals surface area contributed by atoms with Crippen molar-refractivity contribution < 1.29 is 19.2 Å². The van der Waals surface area contributed by atoms with Crippen LogP contribution in [-0.2, 0) is 0 Å². The Morgan fingerprint density at radius 1 is 0.571 bits per heavy atom. The van der Waals surface area contributed by atoms with Gasteiger partial charge in [0.05, 0.1) is 11.1 Å². The summed E-state index contributed by atoms with van der Waals surface area (Å²) < 4.78 is 0. The number of thiophene rings is 2. The standard InChI is InChI=1S/C18H6Cl4O4S2/c19-15(23)7-1-3-27-13(7)9-5-12(18(22)26)10(6-11(9)17(21)25)14-8(16(20)24)2-4-28-14/h1-6H. The topological polar surface area (TPSA) is 68.3 Å². The van der Waals surface area contributed by atoms with E-state index in [2.05, 4.69) is 0 Å². The van der Waals surface area contributed by atoms with Crippen molar-refractivity contribution in [3.8, 4) is 20.9 Å². The quantitative estimate of drug-likeness (QED) is 0.361. The average Bonchev–Trinajstić information content (AvgIpc) is 3.29. The number of halogens is 4. The van der Waals surface area contributed by atoms with E-state index in [4.69, 9.17) is 46.4 Å². The van der Waals surface area contributed by atoms with Gasteiger partial charge in [0, 0.05) is 32.0 Å². The number of hydrogen-bond acceptors (Lipinski definition) is 6. The van der Waals surface area contributed by atoms with Crippen molar-refractivity contribution in [1.29, 1.82) is 0 Å². The Kier molecular flexibility index (Phi) is 6.39. The number of rotatable bonds is 6. The first-order chi connectivity index (χ1) is 13.2. The molecule has 0 aliphatic rings. The third-order valence-electron chi connectivity index (χ3n) is 3.82. The van der Waals surface area contributed by atoms with Crippen LogP contribution in [0.25, 0.3) is 20.9 Å². The SMILES string of the molecule is O=C(Cl)c1cc(-c2sccc2C(=O)Cl)c(C(=O)Cl)cc1-c1sccc1C(=O)Cl. The monoisotopic (exact) mass is 490 g/mol. The van der Waals surface area contributed by atoms with Crippen LogP contribution in [0.15, 0.2) is 35.0 Å². The predicted octanol–water partition coefficient (Wildman–Crippen LogP) is 6.66. The summed E-state index contributed by atoms with van der Waals surface area (Å²) in [6, 6.07) is 5.71. The average molecular weight is 492 g/mol. The zero-order valence-corrected chi connectivity index (χ0v) is 18.1. The molecule has 3 rings (SSSR count). The molecule has 0 spiro atoms. The molecule has 28 heavy (non-hydrogen) atoms. The van der Waals surface area contributed by atoms with Crippen molar-refractivity contribution in [2.75, 3.05) is 0 Å². The van der Waals surface area contributed by atoms with Crippen LogP contribution in [0.5, 0.6) is 0 Å². The third kappa shape index (κ3) is 3.94. The van der Waals surface area contributed by atoms with E-state index in [-0.39, 0.29) is 33.4 Å². The highest BCUT2D eigenvalue weighted by molar-refractivity contribution is 7.14. The van der Waals surface area contributed by atoms with Crippen LogP contribution in [0, 0.1) is 0 Å². The third-order valence-corrected chi connectivity index (χ3v) is 6.53. The summed E-state index contributed by atoms with van der Waals surface area (Å²) in [5, 5.41) is 0.156. The van der Waals surface area contributed by atoms with Gasteiger partial charge in [0.2, 0.25) is 0 Å². The van der Waals surface area contributed by atoms with Crippen LogP contribution in [0.2, 0.25) is 0 Å². The lowest BCUT2D eigenvalue weighted by Gasteiger charge is -2.13. The Hall–Kier alpha value is -1.54. The second-order valence-corrected chi connectivity index (χ2v) is 8.57. The van der Waals surface area contributed by atoms with Gasteiger partial charge in [-0.15, -0.1) is 22.7 Å². The summed E-state index contributed by atoms with van der Waals surface area (Å²) in [5.74, 6) is 0. The molecule has 0 unspecified atom stereocenters. The molecule has 0 atom stereocenters. The highest BCUT2D eigenvalue weighted by Gasteiger charge is 2.25. The number of carbonyl (C=O) groups excluding carboxylic acids is 4. The maximum absolute atomic E-state index is 12.1. The Labute approximate surface area is 186 Å². The molecule has 0 amide bonds. The molecule has 10 heteroatoms. The number of benzene rings is 1.